The lowest BCUT2D eigenvalue weighted by Crippen LogP contribution is -2.60. The van der Waals surface area contributed by atoms with Crippen molar-refractivity contribution in [2.45, 2.75) is 122 Å². The van der Waals surface area contributed by atoms with E-state index in [-0.39, 0.29) is 31.2 Å². The number of amides is 4. The summed E-state index contributed by atoms with van der Waals surface area (Å²) >= 11 is 0. The molecule has 4 amide bonds. The highest BCUT2D eigenvalue weighted by Crippen LogP contribution is 2.47. The van der Waals surface area contributed by atoms with E-state index in [2.05, 4.69) is 20.8 Å². The van der Waals surface area contributed by atoms with Gasteiger partial charge in [-0.1, -0.05) is 34.1 Å². The number of aromatic nitrogens is 2. The van der Waals surface area contributed by atoms with Crippen LogP contribution in [0.25, 0.3) is 10.8 Å². The van der Waals surface area contributed by atoms with Gasteiger partial charge in [0.2, 0.25) is 17.7 Å². The Labute approximate surface area is 304 Å². The van der Waals surface area contributed by atoms with Gasteiger partial charge in [-0.05, 0) is 76.5 Å². The van der Waals surface area contributed by atoms with Gasteiger partial charge in [-0.3, -0.25) is 14.4 Å². The molecule has 1 saturated heterocycles. The molecule has 1 aromatic carbocycles. The van der Waals surface area contributed by atoms with E-state index in [4.69, 9.17) is 18.4 Å². The number of carbonyl (C=O) groups is 4. The van der Waals surface area contributed by atoms with Gasteiger partial charge in [-0.25, -0.2) is 13.7 Å². The van der Waals surface area contributed by atoms with Crippen LogP contribution < -0.4 is 24.8 Å². The topological polar surface area (TPSA) is 204 Å². The molecule has 2 heterocycles. The van der Waals surface area contributed by atoms with Crippen LogP contribution in [0.15, 0.2) is 24.4 Å². The van der Waals surface area contributed by atoms with E-state index >= 15 is 0 Å². The number of ether oxygens (including phenoxy) is 3. The average molecular weight is 747 g/mol. The van der Waals surface area contributed by atoms with Crippen LogP contribution >= 0.6 is 0 Å². The number of rotatable bonds is 12. The minimum absolute atomic E-state index is 0.0106. The highest BCUT2D eigenvalue weighted by molar-refractivity contribution is 7.85. The maximum Gasteiger partial charge on any atom is 0.408 e. The molecule has 5 atom stereocenters. The Bertz CT molecular complexity index is 1840. The van der Waals surface area contributed by atoms with Crippen LogP contribution in [-0.4, -0.2) is 95.9 Å². The standard InChI is InChI=1S/C35H50N6O10S/c1-10-21-17-35(21,30(44)40-52(46,47)51-34(8)13-14-34)38-27(42)25-16-23(49-28-24-12-11-22(48-9)15-20(24)18-36-39-28)19-41(25)29(43)26(32(2,3)4)37-31(45)50-33(5,6)7/h11-12,15,18,21,23,25-26H,10,13-14,16-17,19H2,1-9H3,(H,37,45)(H,38,42)(H,40,44)/t21-,23-,25+,26-,35-/m1/s1. The SMILES string of the molecule is CC[C@@H]1C[C@]1(NC(=O)[C@@H]1C[C@@H](Oc2nncc3cc(OC)ccc23)CN1C(=O)[C@@H](NC(=O)OC(C)(C)C)C(C)(C)C)C(=O)NS(=O)(=O)OC1(C)CC1. The largest absolute Gasteiger partial charge is 0.497 e. The van der Waals surface area contributed by atoms with E-state index in [0.29, 0.717) is 35.8 Å². The van der Waals surface area contributed by atoms with Gasteiger partial charge in [0.25, 0.3) is 5.91 Å². The third-order valence-electron chi connectivity index (χ3n) is 9.57. The number of fused-ring (bicyclic) bond motifs is 1. The first kappa shape index (κ1) is 39.0. The number of alkyl carbamates (subject to hydrolysis) is 1. The van der Waals surface area contributed by atoms with Crippen LogP contribution in [0.2, 0.25) is 0 Å². The Morgan fingerprint density at radius 3 is 2.37 bits per heavy atom. The van der Waals surface area contributed by atoms with Gasteiger partial charge in [0.15, 0.2) is 0 Å². The van der Waals surface area contributed by atoms with Gasteiger partial charge in [0.1, 0.15) is 35.1 Å². The zero-order chi connectivity index (χ0) is 38.4. The molecule has 17 heteroatoms. The van der Waals surface area contributed by atoms with Crippen molar-refractivity contribution < 1.29 is 46.0 Å². The van der Waals surface area contributed by atoms with Crippen molar-refractivity contribution in [3.63, 3.8) is 0 Å². The number of nitrogens with one attached hydrogen (secondary N) is 3. The summed E-state index contributed by atoms with van der Waals surface area (Å²) in [5.41, 5.74) is -4.07. The fourth-order valence-electron chi connectivity index (χ4n) is 6.39. The van der Waals surface area contributed by atoms with Crippen molar-refractivity contribution in [1.82, 2.24) is 30.5 Å². The number of methoxy groups -OCH3 is 1. The Hall–Kier alpha value is -4.25. The molecule has 3 fully saturated rings. The molecule has 0 bridgehead atoms. The first-order valence-corrected chi connectivity index (χ1v) is 18.9. The molecule has 3 N–H and O–H groups in total. The Morgan fingerprint density at radius 2 is 1.79 bits per heavy atom. The van der Waals surface area contributed by atoms with E-state index in [1.54, 1.807) is 80.0 Å². The molecule has 3 aliphatic rings. The number of carbonyl (C=O) groups excluding carboxylic acids is 4. The van der Waals surface area contributed by atoms with Crippen LogP contribution in [0, 0.1) is 11.3 Å². The second-order valence-electron chi connectivity index (χ2n) is 16.2. The van der Waals surface area contributed by atoms with Crippen LogP contribution in [0.1, 0.15) is 87.5 Å². The first-order valence-electron chi connectivity index (χ1n) is 17.4. The van der Waals surface area contributed by atoms with Crippen molar-refractivity contribution in [3.8, 4) is 11.6 Å². The van der Waals surface area contributed by atoms with Gasteiger partial charge in [-0.2, -0.15) is 13.5 Å². The predicted octanol–water partition coefficient (Wildman–Crippen LogP) is 3.14. The molecular weight excluding hydrogens is 696 g/mol. The van der Waals surface area contributed by atoms with E-state index in [1.807, 2.05) is 11.6 Å². The Balaban J connectivity index is 1.43. The normalized spacial score (nSPS) is 24.4. The number of benzene rings is 1. The second-order valence-corrected chi connectivity index (χ2v) is 17.5. The first-order chi connectivity index (χ1) is 24.1. The van der Waals surface area contributed by atoms with Crippen molar-refractivity contribution in [2.75, 3.05) is 13.7 Å². The van der Waals surface area contributed by atoms with E-state index in [9.17, 15) is 27.6 Å². The summed E-state index contributed by atoms with van der Waals surface area (Å²) in [6.07, 6.45) is 1.71. The van der Waals surface area contributed by atoms with E-state index in [0.717, 1.165) is 0 Å². The minimum atomic E-state index is -4.46. The molecule has 0 spiro atoms. The fraction of sp³-hybridized carbons (Fsp3) is 0.657. The van der Waals surface area contributed by atoms with Crippen LogP contribution in [-0.2, 0) is 33.6 Å². The summed E-state index contributed by atoms with van der Waals surface area (Å²) < 4.78 is 49.8. The van der Waals surface area contributed by atoms with Crippen molar-refractivity contribution in [3.05, 3.63) is 24.4 Å². The number of hydrogen-bond donors (Lipinski definition) is 3. The molecule has 16 nitrogen and oxygen atoms in total. The fourth-order valence-corrected chi connectivity index (χ4v) is 7.54. The maximum atomic E-state index is 14.5. The van der Waals surface area contributed by atoms with Gasteiger partial charge < -0.3 is 29.7 Å². The minimum Gasteiger partial charge on any atom is -0.497 e. The lowest BCUT2D eigenvalue weighted by Gasteiger charge is -2.36. The van der Waals surface area contributed by atoms with Crippen molar-refractivity contribution >= 4 is 44.9 Å². The molecule has 1 aliphatic heterocycles. The lowest BCUT2D eigenvalue weighted by atomic mass is 9.85. The predicted molar refractivity (Wildman–Crippen MR) is 188 cm³/mol. The highest BCUT2D eigenvalue weighted by Gasteiger charge is 2.62. The molecule has 5 rings (SSSR count). The summed E-state index contributed by atoms with van der Waals surface area (Å²) in [5, 5.41) is 15.0. The van der Waals surface area contributed by atoms with Crippen LogP contribution in [0.3, 0.4) is 0 Å². The molecule has 286 valence electrons. The highest BCUT2D eigenvalue weighted by atomic mass is 32.2. The smallest absolute Gasteiger partial charge is 0.408 e. The molecule has 0 unspecified atom stereocenters. The lowest BCUT2D eigenvalue weighted by molar-refractivity contribution is -0.143. The zero-order valence-electron chi connectivity index (χ0n) is 31.2. The molecule has 2 aromatic rings. The van der Waals surface area contributed by atoms with Crippen LogP contribution in [0.4, 0.5) is 4.79 Å². The van der Waals surface area contributed by atoms with Gasteiger partial charge >= 0.3 is 16.4 Å². The molecule has 1 aromatic heterocycles. The number of hydrogen-bond acceptors (Lipinski definition) is 12. The summed E-state index contributed by atoms with van der Waals surface area (Å²) in [6.45, 7) is 13.8. The third kappa shape index (κ3) is 8.85. The summed E-state index contributed by atoms with van der Waals surface area (Å²) in [6, 6.07) is 2.98. The zero-order valence-corrected chi connectivity index (χ0v) is 32.0. The summed E-state index contributed by atoms with van der Waals surface area (Å²) in [5.74, 6) is -1.75. The average Bonchev–Trinajstić information content (AvgIpc) is 3.90. The molecule has 0 radical (unpaired) electrons. The second kappa shape index (κ2) is 14.0. The van der Waals surface area contributed by atoms with E-state index < -0.39 is 74.5 Å². The van der Waals surface area contributed by atoms with Gasteiger partial charge in [-0.15, -0.1) is 5.10 Å². The van der Waals surface area contributed by atoms with Crippen molar-refractivity contribution in [1.29, 1.82) is 0 Å². The maximum absolute atomic E-state index is 14.5. The number of likely N-dealkylation sites (tertiary alicyclic amines) is 1. The monoisotopic (exact) mass is 746 g/mol. The summed E-state index contributed by atoms with van der Waals surface area (Å²) in [7, 11) is -2.91. The molecule has 2 saturated carbocycles. The molecular formula is C35H50N6O10S. The Morgan fingerprint density at radius 1 is 1.10 bits per heavy atom. The van der Waals surface area contributed by atoms with E-state index in [1.165, 1.54) is 4.90 Å². The third-order valence-corrected chi connectivity index (χ3v) is 10.6. The quantitative estimate of drug-likeness (QED) is 0.287. The van der Waals surface area contributed by atoms with Crippen LogP contribution in [0.5, 0.6) is 11.6 Å². The molecule has 52 heavy (non-hydrogen) atoms. The van der Waals surface area contributed by atoms with Crippen molar-refractivity contribution in [2.24, 2.45) is 11.3 Å². The Kier molecular flexibility index (Phi) is 10.5. The molecule has 2 aliphatic carbocycles. The van der Waals surface area contributed by atoms with Gasteiger partial charge in [0, 0.05) is 17.2 Å². The summed E-state index contributed by atoms with van der Waals surface area (Å²) in [4.78, 5) is 56.5. The number of nitrogens with zero attached hydrogens (tertiary/aromatic N) is 3. The van der Waals surface area contributed by atoms with Gasteiger partial charge in [0.05, 0.1) is 25.5 Å².